The molecule has 1 saturated carbocycles. The van der Waals surface area contributed by atoms with Gasteiger partial charge in [0.25, 0.3) is 5.91 Å². The first kappa shape index (κ1) is 17.9. The molecular formula is C20H23N3O4. The highest BCUT2D eigenvalue weighted by Crippen LogP contribution is 2.46. The number of nitrogens with one attached hydrogen (secondary N) is 1. The molecule has 142 valence electrons. The number of aliphatic hydroxyl groups is 1. The SMILES string of the molecule is Cc1cn([C@@H]2C[C@@H]3[C@H](O2)[C@H](O)C[C@H]3C)c(=O)nc1NC(=O)c1ccccc1. The van der Waals surface area contributed by atoms with Gasteiger partial charge in [0.05, 0.1) is 12.2 Å². The van der Waals surface area contributed by atoms with Gasteiger partial charge in [0.15, 0.2) is 0 Å². The Morgan fingerprint density at radius 2 is 2.04 bits per heavy atom. The number of nitrogens with zero attached hydrogens (tertiary/aromatic N) is 2. The molecule has 5 atom stereocenters. The number of aryl methyl sites for hydroxylation is 1. The lowest BCUT2D eigenvalue weighted by Gasteiger charge is -2.18. The maximum Gasteiger partial charge on any atom is 0.351 e. The summed E-state index contributed by atoms with van der Waals surface area (Å²) in [5.41, 5.74) is 0.696. The van der Waals surface area contributed by atoms with Crippen molar-refractivity contribution in [2.24, 2.45) is 11.8 Å². The zero-order chi connectivity index (χ0) is 19.1. The lowest BCUT2D eigenvalue weighted by atomic mass is 9.94. The third kappa shape index (κ3) is 3.28. The Hall–Kier alpha value is -2.51. The van der Waals surface area contributed by atoms with E-state index >= 15 is 0 Å². The van der Waals surface area contributed by atoms with Crippen molar-refractivity contribution in [3.05, 3.63) is 58.1 Å². The van der Waals surface area contributed by atoms with E-state index in [4.69, 9.17) is 4.74 Å². The van der Waals surface area contributed by atoms with Gasteiger partial charge in [0.2, 0.25) is 0 Å². The van der Waals surface area contributed by atoms with Crippen LogP contribution in [0.25, 0.3) is 0 Å². The summed E-state index contributed by atoms with van der Waals surface area (Å²) in [5.74, 6) is 0.544. The normalized spacial score (nSPS) is 29.5. The van der Waals surface area contributed by atoms with Crippen LogP contribution in [0.3, 0.4) is 0 Å². The summed E-state index contributed by atoms with van der Waals surface area (Å²) in [7, 11) is 0. The predicted molar refractivity (Wildman–Crippen MR) is 99.4 cm³/mol. The number of carbonyl (C=O) groups is 1. The molecule has 1 amide bonds. The van der Waals surface area contributed by atoms with Crippen LogP contribution < -0.4 is 11.0 Å². The van der Waals surface area contributed by atoms with Crippen molar-refractivity contribution in [1.29, 1.82) is 0 Å². The Bertz CT molecular complexity index is 895. The van der Waals surface area contributed by atoms with E-state index in [1.807, 2.05) is 6.07 Å². The zero-order valence-corrected chi connectivity index (χ0v) is 15.3. The molecule has 0 spiro atoms. The quantitative estimate of drug-likeness (QED) is 0.864. The predicted octanol–water partition coefficient (Wildman–Crippen LogP) is 2.11. The molecule has 27 heavy (non-hydrogen) atoms. The van der Waals surface area contributed by atoms with Gasteiger partial charge in [0.1, 0.15) is 12.0 Å². The minimum atomic E-state index is -0.482. The number of anilines is 1. The number of hydrogen-bond donors (Lipinski definition) is 2. The van der Waals surface area contributed by atoms with Crippen molar-refractivity contribution in [2.45, 2.75) is 45.1 Å². The first-order valence-electron chi connectivity index (χ1n) is 9.23. The van der Waals surface area contributed by atoms with Crippen LogP contribution in [0.4, 0.5) is 5.82 Å². The molecule has 2 N–H and O–H groups in total. The van der Waals surface area contributed by atoms with Crippen LogP contribution in [0.1, 0.15) is 41.9 Å². The first-order chi connectivity index (χ1) is 12.9. The van der Waals surface area contributed by atoms with E-state index in [1.165, 1.54) is 4.57 Å². The molecule has 0 radical (unpaired) electrons. The Morgan fingerprint density at radius 3 is 2.74 bits per heavy atom. The fourth-order valence-corrected chi connectivity index (χ4v) is 4.17. The van der Waals surface area contributed by atoms with Crippen LogP contribution in [0.5, 0.6) is 0 Å². The van der Waals surface area contributed by atoms with Crippen LogP contribution in [-0.4, -0.2) is 32.8 Å². The standard InChI is InChI=1S/C20H23N3O4/c1-11-8-15(24)17-14(11)9-16(27-17)23-10-12(2)18(22-20(23)26)21-19(25)13-6-4-3-5-7-13/h3-7,10-11,14-17,24H,8-9H2,1-2H3,(H,21,22,25,26)/t11-,14+,15-,16+,17+/m1/s1. The summed E-state index contributed by atoms with van der Waals surface area (Å²) in [6, 6.07) is 8.77. The molecule has 1 aromatic heterocycles. The second-order valence-corrected chi connectivity index (χ2v) is 7.52. The van der Waals surface area contributed by atoms with E-state index in [-0.39, 0.29) is 23.7 Å². The van der Waals surface area contributed by atoms with Gasteiger partial charge >= 0.3 is 5.69 Å². The minimum absolute atomic E-state index is 0.227. The molecular weight excluding hydrogens is 346 g/mol. The van der Waals surface area contributed by atoms with E-state index in [9.17, 15) is 14.7 Å². The monoisotopic (exact) mass is 369 g/mol. The Kier molecular flexibility index (Phi) is 4.57. The molecule has 2 aliphatic rings. The van der Waals surface area contributed by atoms with Crippen LogP contribution in [0.2, 0.25) is 0 Å². The van der Waals surface area contributed by atoms with Crippen LogP contribution >= 0.6 is 0 Å². The van der Waals surface area contributed by atoms with E-state index in [2.05, 4.69) is 17.2 Å². The number of fused-ring (bicyclic) bond motifs is 1. The summed E-state index contributed by atoms with van der Waals surface area (Å²) in [4.78, 5) is 28.9. The second-order valence-electron chi connectivity index (χ2n) is 7.52. The summed E-state index contributed by atoms with van der Waals surface area (Å²) in [5, 5.41) is 12.8. The summed E-state index contributed by atoms with van der Waals surface area (Å²) >= 11 is 0. The average Bonchev–Trinajstić information content (AvgIpc) is 3.20. The van der Waals surface area contributed by atoms with Crippen LogP contribution in [-0.2, 0) is 4.74 Å². The molecule has 0 unspecified atom stereocenters. The fourth-order valence-electron chi connectivity index (χ4n) is 4.17. The molecule has 0 bridgehead atoms. The lowest BCUT2D eigenvalue weighted by Crippen LogP contribution is -2.30. The van der Waals surface area contributed by atoms with E-state index < -0.39 is 18.0 Å². The van der Waals surface area contributed by atoms with E-state index in [0.29, 0.717) is 23.5 Å². The minimum Gasteiger partial charge on any atom is -0.390 e. The molecule has 2 fully saturated rings. The Morgan fingerprint density at radius 1 is 1.30 bits per heavy atom. The fraction of sp³-hybridized carbons (Fsp3) is 0.450. The number of amides is 1. The molecule has 7 heteroatoms. The van der Waals surface area contributed by atoms with Gasteiger partial charge in [-0.2, -0.15) is 4.98 Å². The van der Waals surface area contributed by atoms with Gasteiger partial charge in [-0.1, -0.05) is 25.1 Å². The van der Waals surface area contributed by atoms with Gasteiger partial charge in [-0.3, -0.25) is 9.36 Å². The smallest absolute Gasteiger partial charge is 0.351 e. The van der Waals surface area contributed by atoms with Crippen molar-refractivity contribution >= 4 is 11.7 Å². The molecule has 1 aromatic carbocycles. The number of aromatic nitrogens is 2. The van der Waals surface area contributed by atoms with Crippen molar-refractivity contribution in [2.75, 3.05) is 5.32 Å². The van der Waals surface area contributed by atoms with Crippen molar-refractivity contribution < 1.29 is 14.6 Å². The maximum atomic E-state index is 12.5. The first-order valence-corrected chi connectivity index (χ1v) is 9.23. The average molecular weight is 369 g/mol. The number of hydrogen-bond acceptors (Lipinski definition) is 5. The number of aliphatic hydroxyl groups excluding tert-OH is 1. The van der Waals surface area contributed by atoms with E-state index in [1.54, 1.807) is 37.4 Å². The van der Waals surface area contributed by atoms with Crippen molar-refractivity contribution in [1.82, 2.24) is 9.55 Å². The van der Waals surface area contributed by atoms with Gasteiger partial charge in [0, 0.05) is 17.3 Å². The number of carbonyl (C=O) groups excluding carboxylic acids is 1. The Labute approximate surface area is 157 Å². The molecule has 1 saturated heterocycles. The van der Waals surface area contributed by atoms with Crippen LogP contribution in [0, 0.1) is 18.8 Å². The van der Waals surface area contributed by atoms with Crippen LogP contribution in [0.15, 0.2) is 41.3 Å². The summed E-state index contributed by atoms with van der Waals surface area (Å²) in [6.45, 7) is 3.89. The second kappa shape index (κ2) is 6.90. The lowest BCUT2D eigenvalue weighted by molar-refractivity contribution is -0.0554. The molecule has 2 heterocycles. The van der Waals surface area contributed by atoms with E-state index in [0.717, 1.165) is 6.42 Å². The Balaban J connectivity index is 1.55. The summed E-state index contributed by atoms with van der Waals surface area (Å²) in [6.07, 6.45) is 1.94. The third-order valence-electron chi connectivity index (χ3n) is 5.65. The topological polar surface area (TPSA) is 93.4 Å². The van der Waals surface area contributed by atoms with Crippen molar-refractivity contribution in [3.63, 3.8) is 0 Å². The molecule has 7 nitrogen and oxygen atoms in total. The highest BCUT2D eigenvalue weighted by Gasteiger charge is 2.48. The molecule has 4 rings (SSSR count). The summed E-state index contributed by atoms with van der Waals surface area (Å²) < 4.78 is 7.43. The zero-order valence-electron chi connectivity index (χ0n) is 15.3. The highest BCUT2D eigenvalue weighted by atomic mass is 16.5. The number of rotatable bonds is 3. The number of ether oxygens (including phenoxy) is 1. The van der Waals surface area contributed by atoms with Gasteiger partial charge in [-0.05, 0) is 43.7 Å². The molecule has 2 aromatic rings. The van der Waals surface area contributed by atoms with Crippen molar-refractivity contribution in [3.8, 4) is 0 Å². The third-order valence-corrected chi connectivity index (χ3v) is 5.65. The van der Waals surface area contributed by atoms with Gasteiger partial charge in [-0.25, -0.2) is 4.79 Å². The van der Waals surface area contributed by atoms with Gasteiger partial charge in [-0.15, -0.1) is 0 Å². The number of benzene rings is 1. The molecule has 1 aliphatic carbocycles. The maximum absolute atomic E-state index is 12.5. The molecule has 1 aliphatic heterocycles. The highest BCUT2D eigenvalue weighted by molar-refractivity contribution is 6.03. The van der Waals surface area contributed by atoms with Gasteiger partial charge < -0.3 is 15.2 Å². The largest absolute Gasteiger partial charge is 0.390 e.